The van der Waals surface area contributed by atoms with Crippen molar-refractivity contribution in [3.8, 4) is 0 Å². The summed E-state index contributed by atoms with van der Waals surface area (Å²) in [5, 5.41) is 18.5. The van der Waals surface area contributed by atoms with Crippen LogP contribution in [0.15, 0.2) is 12.7 Å². The van der Waals surface area contributed by atoms with Gasteiger partial charge in [-0.3, -0.25) is 4.68 Å². The molecule has 3 N–H and O–H groups in total. The van der Waals surface area contributed by atoms with Gasteiger partial charge in [0.2, 0.25) is 0 Å². The summed E-state index contributed by atoms with van der Waals surface area (Å²) in [6.07, 6.45) is 3.06. The second-order valence-electron chi connectivity index (χ2n) is 4.58. The van der Waals surface area contributed by atoms with Gasteiger partial charge in [-0.1, -0.05) is 6.92 Å². The zero-order chi connectivity index (χ0) is 13.5. The Morgan fingerprint density at radius 3 is 2.67 bits per heavy atom. The average Bonchev–Trinajstić information content (AvgIpc) is 2.79. The topological polar surface area (TPSA) is 92.1 Å². The largest absolute Gasteiger partial charge is 0.396 e. The van der Waals surface area contributed by atoms with Crippen LogP contribution in [0.3, 0.4) is 0 Å². The van der Waals surface area contributed by atoms with E-state index in [0.717, 1.165) is 0 Å². The van der Waals surface area contributed by atoms with E-state index in [9.17, 15) is 4.79 Å². The van der Waals surface area contributed by atoms with Crippen LogP contribution in [0.2, 0.25) is 0 Å². The number of nitrogens with one attached hydrogen (secondary N) is 2. The van der Waals surface area contributed by atoms with Crippen LogP contribution in [0.5, 0.6) is 0 Å². The van der Waals surface area contributed by atoms with Gasteiger partial charge in [0.1, 0.15) is 12.7 Å². The van der Waals surface area contributed by atoms with Gasteiger partial charge in [-0.15, -0.1) is 0 Å². The molecule has 2 amide bonds. The molecular weight excluding hydrogens is 234 g/mol. The minimum Gasteiger partial charge on any atom is -0.396 e. The maximum atomic E-state index is 11.7. The fraction of sp³-hybridized carbons (Fsp3) is 0.727. The van der Waals surface area contributed by atoms with Crippen LogP contribution in [0.25, 0.3) is 0 Å². The fourth-order valence-electron chi connectivity index (χ4n) is 1.43. The van der Waals surface area contributed by atoms with Crippen molar-refractivity contribution in [2.24, 2.45) is 5.92 Å². The number of carbonyl (C=O) groups is 1. The Labute approximate surface area is 107 Å². The quantitative estimate of drug-likeness (QED) is 0.666. The van der Waals surface area contributed by atoms with Gasteiger partial charge in [-0.25, -0.2) is 9.78 Å². The standard InChI is InChI=1S/C11H21N5O2/c1-8(5-17)10(3)15-11(18)14-9(2)4-16-7-12-6-13-16/h6-10,17H,4-5H2,1-3H3,(H2,14,15,18). The Balaban J connectivity index is 2.31. The van der Waals surface area contributed by atoms with Crippen LogP contribution in [-0.4, -0.2) is 44.6 Å². The molecule has 0 spiro atoms. The monoisotopic (exact) mass is 255 g/mol. The summed E-state index contributed by atoms with van der Waals surface area (Å²) in [6, 6.07) is -0.368. The zero-order valence-electron chi connectivity index (χ0n) is 11.0. The molecule has 3 unspecified atom stereocenters. The van der Waals surface area contributed by atoms with Crippen molar-refractivity contribution in [2.45, 2.75) is 39.4 Å². The van der Waals surface area contributed by atoms with E-state index in [2.05, 4.69) is 20.7 Å². The SMILES string of the molecule is CC(Cn1cncn1)NC(=O)NC(C)C(C)CO. The molecule has 1 heterocycles. The van der Waals surface area contributed by atoms with Crippen LogP contribution >= 0.6 is 0 Å². The first-order valence-electron chi connectivity index (χ1n) is 6.03. The van der Waals surface area contributed by atoms with Crippen LogP contribution in [-0.2, 0) is 6.54 Å². The lowest BCUT2D eigenvalue weighted by atomic mass is 10.1. The molecule has 0 aliphatic carbocycles. The summed E-state index contributed by atoms with van der Waals surface area (Å²) in [4.78, 5) is 15.5. The molecule has 102 valence electrons. The lowest BCUT2D eigenvalue weighted by molar-refractivity contribution is 0.198. The normalized spacial score (nSPS) is 15.8. The molecular formula is C11H21N5O2. The first-order chi connectivity index (χ1) is 8.52. The Hall–Kier alpha value is -1.63. The van der Waals surface area contributed by atoms with Crippen molar-refractivity contribution in [3.63, 3.8) is 0 Å². The second-order valence-corrected chi connectivity index (χ2v) is 4.58. The van der Waals surface area contributed by atoms with E-state index < -0.39 is 0 Å². The van der Waals surface area contributed by atoms with Crippen molar-refractivity contribution in [1.82, 2.24) is 25.4 Å². The second kappa shape index (κ2) is 6.95. The molecule has 7 heteroatoms. The van der Waals surface area contributed by atoms with E-state index in [1.807, 2.05) is 20.8 Å². The minimum atomic E-state index is -0.240. The number of hydrogen-bond donors (Lipinski definition) is 3. The highest BCUT2D eigenvalue weighted by Gasteiger charge is 2.15. The van der Waals surface area contributed by atoms with Gasteiger partial charge in [0.15, 0.2) is 0 Å². The maximum Gasteiger partial charge on any atom is 0.315 e. The number of carbonyl (C=O) groups excluding carboxylic acids is 1. The third-order valence-electron chi connectivity index (χ3n) is 2.81. The number of aliphatic hydroxyl groups is 1. The molecule has 1 aromatic rings. The highest BCUT2D eigenvalue weighted by atomic mass is 16.3. The van der Waals surface area contributed by atoms with Gasteiger partial charge < -0.3 is 15.7 Å². The molecule has 1 rings (SSSR count). The van der Waals surface area contributed by atoms with E-state index >= 15 is 0 Å². The number of amides is 2. The van der Waals surface area contributed by atoms with Crippen molar-refractivity contribution >= 4 is 6.03 Å². The van der Waals surface area contributed by atoms with Crippen molar-refractivity contribution in [1.29, 1.82) is 0 Å². The highest BCUT2D eigenvalue weighted by Crippen LogP contribution is 2.00. The highest BCUT2D eigenvalue weighted by molar-refractivity contribution is 5.74. The summed E-state index contributed by atoms with van der Waals surface area (Å²) >= 11 is 0. The molecule has 0 fully saturated rings. The van der Waals surface area contributed by atoms with Crippen molar-refractivity contribution in [3.05, 3.63) is 12.7 Å². The number of aromatic nitrogens is 3. The van der Waals surface area contributed by atoms with Crippen LogP contribution in [0, 0.1) is 5.92 Å². The number of rotatable bonds is 6. The van der Waals surface area contributed by atoms with Crippen LogP contribution in [0.1, 0.15) is 20.8 Å². The van der Waals surface area contributed by atoms with E-state index in [0.29, 0.717) is 6.54 Å². The molecule has 3 atom stereocenters. The first-order valence-corrected chi connectivity index (χ1v) is 6.03. The Kier molecular flexibility index (Phi) is 5.57. The summed E-state index contributed by atoms with van der Waals surface area (Å²) < 4.78 is 1.66. The van der Waals surface area contributed by atoms with Crippen molar-refractivity contribution < 1.29 is 9.90 Å². The summed E-state index contributed by atoms with van der Waals surface area (Å²) in [5.41, 5.74) is 0. The van der Waals surface area contributed by atoms with Gasteiger partial charge in [0.05, 0.1) is 6.54 Å². The van der Waals surface area contributed by atoms with Gasteiger partial charge in [-0.2, -0.15) is 5.10 Å². The Morgan fingerprint density at radius 1 is 1.39 bits per heavy atom. The minimum absolute atomic E-state index is 0.0290. The number of nitrogens with zero attached hydrogens (tertiary/aromatic N) is 3. The lowest BCUT2D eigenvalue weighted by Gasteiger charge is -2.21. The third-order valence-corrected chi connectivity index (χ3v) is 2.81. The Morgan fingerprint density at radius 2 is 2.11 bits per heavy atom. The van der Waals surface area contributed by atoms with E-state index in [-0.39, 0.29) is 30.6 Å². The third kappa shape index (κ3) is 4.70. The van der Waals surface area contributed by atoms with Crippen LogP contribution < -0.4 is 10.6 Å². The molecule has 0 radical (unpaired) electrons. The van der Waals surface area contributed by atoms with E-state index in [1.54, 1.807) is 11.0 Å². The maximum absolute atomic E-state index is 11.7. The molecule has 0 saturated carbocycles. The predicted molar refractivity (Wildman–Crippen MR) is 66.9 cm³/mol. The summed E-state index contributed by atoms with van der Waals surface area (Å²) in [7, 11) is 0. The summed E-state index contributed by atoms with van der Waals surface area (Å²) in [6.45, 7) is 6.25. The molecule has 0 aliphatic heterocycles. The van der Waals surface area contributed by atoms with Crippen LogP contribution in [0.4, 0.5) is 4.79 Å². The van der Waals surface area contributed by atoms with Crippen molar-refractivity contribution in [2.75, 3.05) is 6.61 Å². The van der Waals surface area contributed by atoms with E-state index in [4.69, 9.17) is 5.11 Å². The molecule has 0 saturated heterocycles. The number of aliphatic hydroxyl groups excluding tert-OH is 1. The molecule has 7 nitrogen and oxygen atoms in total. The molecule has 1 aromatic heterocycles. The number of hydrogen-bond acceptors (Lipinski definition) is 4. The predicted octanol–water partition coefficient (Wildman–Crippen LogP) is -0.0173. The average molecular weight is 255 g/mol. The molecule has 0 bridgehead atoms. The zero-order valence-corrected chi connectivity index (χ0v) is 11.0. The Bertz CT molecular complexity index is 354. The molecule has 18 heavy (non-hydrogen) atoms. The lowest BCUT2D eigenvalue weighted by Crippen LogP contribution is -2.47. The van der Waals surface area contributed by atoms with Gasteiger partial charge in [-0.05, 0) is 19.8 Å². The van der Waals surface area contributed by atoms with E-state index in [1.165, 1.54) is 6.33 Å². The fourth-order valence-corrected chi connectivity index (χ4v) is 1.43. The molecule has 0 aromatic carbocycles. The number of urea groups is 1. The summed E-state index contributed by atoms with van der Waals surface area (Å²) in [5.74, 6) is 0.0290. The van der Waals surface area contributed by atoms with Gasteiger partial charge >= 0.3 is 6.03 Å². The smallest absolute Gasteiger partial charge is 0.315 e. The molecule has 0 aliphatic rings. The first kappa shape index (κ1) is 14.4. The van der Waals surface area contributed by atoms with Gasteiger partial charge in [0, 0.05) is 18.7 Å². The van der Waals surface area contributed by atoms with Gasteiger partial charge in [0.25, 0.3) is 0 Å².